The Labute approximate surface area is 156 Å². The molecule has 0 aromatic carbocycles. The summed E-state index contributed by atoms with van der Waals surface area (Å²) in [5, 5.41) is 11.5. The van der Waals surface area contributed by atoms with Crippen LogP contribution in [0.1, 0.15) is 39.3 Å². The number of rotatable bonds is 5. The van der Waals surface area contributed by atoms with E-state index >= 15 is 0 Å². The van der Waals surface area contributed by atoms with Gasteiger partial charge in [-0.15, -0.1) is 0 Å². The zero-order valence-electron chi connectivity index (χ0n) is 15.7. The fourth-order valence-corrected chi connectivity index (χ4v) is 2.46. The van der Waals surface area contributed by atoms with Gasteiger partial charge in [0.2, 0.25) is 11.8 Å². The molecule has 0 spiro atoms. The van der Waals surface area contributed by atoms with Gasteiger partial charge in [0.1, 0.15) is 18.3 Å². The monoisotopic (exact) mass is 381 g/mol. The molecule has 0 unspecified atom stereocenters. The highest BCUT2D eigenvalue weighted by molar-refractivity contribution is 6.14. The minimum Gasteiger partial charge on any atom is -0.481 e. The van der Waals surface area contributed by atoms with E-state index in [0.717, 1.165) is 0 Å². The average molecular weight is 381 g/mol. The van der Waals surface area contributed by atoms with Crippen LogP contribution in [0.4, 0.5) is 4.79 Å². The van der Waals surface area contributed by atoms with Crippen molar-refractivity contribution in [3.05, 3.63) is 17.7 Å². The van der Waals surface area contributed by atoms with Crippen LogP contribution in [0.15, 0.2) is 12.1 Å². The maximum atomic E-state index is 12.3. The van der Waals surface area contributed by atoms with Crippen LogP contribution in [-0.2, 0) is 9.47 Å². The van der Waals surface area contributed by atoms with Gasteiger partial charge in [0.25, 0.3) is 0 Å². The molecule has 0 bridgehead atoms. The number of methoxy groups -OCH3 is 1. The lowest BCUT2D eigenvalue weighted by Gasteiger charge is -2.35. The van der Waals surface area contributed by atoms with Crippen LogP contribution in [0, 0.1) is 0 Å². The van der Waals surface area contributed by atoms with Gasteiger partial charge in [0, 0.05) is 11.6 Å². The number of nitrogens with zero attached hydrogens (tertiary/aromatic N) is 1. The van der Waals surface area contributed by atoms with Gasteiger partial charge in [-0.05, 0) is 33.8 Å². The van der Waals surface area contributed by atoms with Crippen molar-refractivity contribution in [1.29, 1.82) is 0 Å². The first-order valence-corrected chi connectivity index (χ1v) is 8.75. The van der Waals surface area contributed by atoms with Crippen LogP contribution < -0.4 is 14.8 Å². The third kappa shape index (κ3) is 5.86. The van der Waals surface area contributed by atoms with Crippen molar-refractivity contribution in [1.82, 2.24) is 10.3 Å². The second-order valence-corrected chi connectivity index (χ2v) is 8.38. The molecule has 2 N–H and O–H groups in total. The fourth-order valence-electron chi connectivity index (χ4n) is 2.38. The molecule has 3 atom stereocenters. The molecule has 143 valence electrons. The molecule has 8 nitrogen and oxygen atoms in total. The number of carbonyl (C=O) groups is 1. The average Bonchev–Trinajstić information content (AvgIpc) is 2.50. The molecule has 0 fully saturated rings. The van der Waals surface area contributed by atoms with E-state index in [2.05, 4.69) is 20.5 Å². The Hall–Kier alpha value is -1.84. The summed E-state index contributed by atoms with van der Waals surface area (Å²) >= 11 is 0. The summed E-state index contributed by atoms with van der Waals surface area (Å²) in [7, 11) is 4.68. The van der Waals surface area contributed by atoms with Gasteiger partial charge in [-0.25, -0.2) is 4.79 Å². The molecule has 9 heteroatoms. The lowest BCUT2D eigenvalue weighted by Crippen LogP contribution is -2.47. The SMILES string of the molecule is COc1ccc2c(n1)OC[C@H](OC[C@@](C)(O)[Si])[C@@H]2NC(=O)OC(C)(C)C. The Morgan fingerprint density at radius 3 is 2.69 bits per heavy atom. The van der Waals surface area contributed by atoms with Crippen LogP contribution >= 0.6 is 0 Å². The molecule has 26 heavy (non-hydrogen) atoms. The number of ether oxygens (including phenoxy) is 4. The predicted molar refractivity (Wildman–Crippen MR) is 94.5 cm³/mol. The van der Waals surface area contributed by atoms with E-state index in [1.165, 1.54) is 7.11 Å². The molecule has 0 saturated heterocycles. The Morgan fingerprint density at radius 2 is 2.12 bits per heavy atom. The molecule has 1 aromatic rings. The van der Waals surface area contributed by atoms with Gasteiger partial charge in [0.05, 0.1) is 35.2 Å². The molecule has 0 saturated carbocycles. The van der Waals surface area contributed by atoms with Gasteiger partial charge in [-0.3, -0.25) is 0 Å². The Morgan fingerprint density at radius 1 is 1.42 bits per heavy atom. The number of aromatic nitrogens is 1. The first-order chi connectivity index (χ1) is 12.0. The largest absolute Gasteiger partial charge is 0.481 e. The Kier molecular flexibility index (Phi) is 6.15. The topological polar surface area (TPSA) is 99.1 Å². The molecular formula is C17H25N2O6Si. The molecule has 1 aliphatic rings. The van der Waals surface area contributed by atoms with Gasteiger partial charge in [0.15, 0.2) is 0 Å². The van der Waals surface area contributed by atoms with Crippen molar-refractivity contribution < 1.29 is 28.8 Å². The van der Waals surface area contributed by atoms with Gasteiger partial charge in [-0.1, -0.05) is 0 Å². The molecule has 2 heterocycles. The van der Waals surface area contributed by atoms with Gasteiger partial charge < -0.3 is 29.4 Å². The Balaban J connectivity index is 2.24. The summed E-state index contributed by atoms with van der Waals surface area (Å²) in [5.74, 6) is 0.762. The number of hydrogen-bond acceptors (Lipinski definition) is 7. The number of amides is 1. The van der Waals surface area contributed by atoms with Gasteiger partial charge in [-0.2, -0.15) is 4.98 Å². The zero-order valence-corrected chi connectivity index (χ0v) is 16.7. The second-order valence-electron chi connectivity index (χ2n) is 7.31. The number of hydrogen-bond donors (Lipinski definition) is 2. The van der Waals surface area contributed by atoms with Crippen molar-refractivity contribution in [2.24, 2.45) is 0 Å². The number of alkyl carbamates (subject to hydrolysis) is 1. The van der Waals surface area contributed by atoms with Gasteiger partial charge >= 0.3 is 6.09 Å². The van der Waals surface area contributed by atoms with Crippen molar-refractivity contribution in [2.45, 2.75) is 50.7 Å². The molecule has 3 radical (unpaired) electrons. The number of aliphatic hydroxyl groups is 1. The third-order valence-electron chi connectivity index (χ3n) is 3.42. The van der Waals surface area contributed by atoms with Crippen LogP contribution in [0.5, 0.6) is 11.8 Å². The zero-order chi connectivity index (χ0) is 19.5. The van der Waals surface area contributed by atoms with Crippen LogP contribution in [-0.4, -0.2) is 63.7 Å². The smallest absolute Gasteiger partial charge is 0.408 e. The lowest BCUT2D eigenvalue weighted by molar-refractivity contribution is -0.0613. The fraction of sp³-hybridized carbons (Fsp3) is 0.647. The highest BCUT2D eigenvalue weighted by Gasteiger charge is 2.36. The molecule has 0 aliphatic carbocycles. The van der Waals surface area contributed by atoms with Crippen LogP contribution in [0.3, 0.4) is 0 Å². The normalized spacial score (nSPS) is 21.8. The standard InChI is InChI=1S/C17H25N2O6Si/c1-16(2,3)25-15(20)19-13-10-6-7-12(22-5)18-14(10)23-8-11(13)24-9-17(4,21)26/h6-7,11,13,21H,8-9H2,1-5H3,(H,19,20)/t11-,13+,17-/m0/s1. The minimum absolute atomic E-state index is 0.00330. The predicted octanol–water partition coefficient (Wildman–Crippen LogP) is 1.31. The summed E-state index contributed by atoms with van der Waals surface area (Å²) in [4.78, 5) is 16.5. The molecule has 1 aromatic heterocycles. The second kappa shape index (κ2) is 7.81. The third-order valence-corrected chi connectivity index (χ3v) is 3.56. The first-order valence-electron chi connectivity index (χ1n) is 8.25. The number of pyridine rings is 1. The summed E-state index contributed by atoms with van der Waals surface area (Å²) in [6, 6.07) is 2.88. The van der Waals surface area contributed by atoms with E-state index in [1.54, 1.807) is 39.8 Å². The van der Waals surface area contributed by atoms with Crippen LogP contribution in [0.2, 0.25) is 0 Å². The van der Waals surface area contributed by atoms with Crippen LogP contribution in [0.25, 0.3) is 0 Å². The highest BCUT2D eigenvalue weighted by atomic mass is 28.1. The van der Waals surface area contributed by atoms with E-state index in [4.69, 9.17) is 18.9 Å². The number of nitrogens with one attached hydrogen (secondary N) is 1. The van der Waals surface area contributed by atoms with Crippen molar-refractivity contribution >= 4 is 16.3 Å². The van der Waals surface area contributed by atoms with Crippen molar-refractivity contribution in [3.63, 3.8) is 0 Å². The molecule has 1 aliphatic heterocycles. The van der Waals surface area contributed by atoms with Crippen molar-refractivity contribution in [2.75, 3.05) is 20.3 Å². The molecule has 1 amide bonds. The summed E-state index contributed by atoms with van der Waals surface area (Å²) < 4.78 is 21.9. The van der Waals surface area contributed by atoms with E-state index < -0.39 is 29.1 Å². The van der Waals surface area contributed by atoms with E-state index in [-0.39, 0.29) is 13.2 Å². The molecular weight excluding hydrogens is 356 g/mol. The van der Waals surface area contributed by atoms with E-state index in [0.29, 0.717) is 17.3 Å². The highest BCUT2D eigenvalue weighted by Crippen LogP contribution is 2.34. The minimum atomic E-state index is -1.20. The maximum Gasteiger partial charge on any atom is 0.408 e. The van der Waals surface area contributed by atoms with E-state index in [9.17, 15) is 9.90 Å². The lowest BCUT2D eigenvalue weighted by atomic mass is 10.0. The summed E-state index contributed by atoms with van der Waals surface area (Å²) in [6.45, 7) is 7.07. The summed E-state index contributed by atoms with van der Waals surface area (Å²) in [6.07, 6.45) is -1.11. The number of carbonyl (C=O) groups excluding carboxylic acids is 1. The Bertz CT molecular complexity index is 641. The maximum absolute atomic E-state index is 12.3. The number of fused-ring (bicyclic) bond motifs is 1. The van der Waals surface area contributed by atoms with E-state index in [1.807, 2.05) is 0 Å². The summed E-state index contributed by atoms with van der Waals surface area (Å²) in [5.41, 5.74) is 0.00720. The first kappa shape index (κ1) is 20.5. The van der Waals surface area contributed by atoms with Crippen molar-refractivity contribution in [3.8, 4) is 11.8 Å². The quantitative estimate of drug-likeness (QED) is 0.742. The molecule has 2 rings (SSSR count).